The van der Waals surface area contributed by atoms with E-state index >= 15 is 0 Å². The van der Waals surface area contributed by atoms with E-state index in [1.807, 2.05) is 0 Å². The summed E-state index contributed by atoms with van der Waals surface area (Å²) in [5.41, 5.74) is 0. The second kappa shape index (κ2) is 4.09. The molecule has 1 unspecified atom stereocenters. The quantitative estimate of drug-likeness (QED) is 0.665. The molecule has 0 aromatic heterocycles. The first-order valence-corrected chi connectivity index (χ1v) is 5.34. The number of amides is 1. The maximum absolute atomic E-state index is 11.3. The Bertz CT molecular complexity index is 183. The molecule has 1 saturated heterocycles. The first-order valence-electron chi connectivity index (χ1n) is 5.34. The molecule has 1 atom stereocenters. The fourth-order valence-corrected chi connectivity index (χ4v) is 1.85. The van der Waals surface area contributed by atoms with E-state index in [1.165, 1.54) is 6.42 Å². The van der Waals surface area contributed by atoms with E-state index in [0.717, 1.165) is 44.8 Å². The van der Waals surface area contributed by atoms with Crippen LogP contribution >= 0.6 is 0 Å². The molecule has 0 bridgehead atoms. The maximum Gasteiger partial charge on any atom is 0.223 e. The van der Waals surface area contributed by atoms with Crippen molar-refractivity contribution < 1.29 is 4.79 Å². The van der Waals surface area contributed by atoms with E-state index in [0.29, 0.717) is 5.92 Å². The van der Waals surface area contributed by atoms with Gasteiger partial charge in [0.25, 0.3) is 0 Å². The summed E-state index contributed by atoms with van der Waals surface area (Å²) >= 11 is 0. The SMILES string of the molecule is O=C(NCCC1CCNC1)C1CC1. The topological polar surface area (TPSA) is 41.1 Å². The zero-order valence-electron chi connectivity index (χ0n) is 8.01. The number of rotatable bonds is 4. The number of carbonyl (C=O) groups excluding carboxylic acids is 1. The Morgan fingerprint density at radius 1 is 1.38 bits per heavy atom. The average Bonchev–Trinajstić information content (AvgIpc) is 2.86. The first kappa shape index (κ1) is 9.00. The standard InChI is InChI=1S/C10H18N2O/c13-10(9-1-2-9)12-6-4-8-3-5-11-7-8/h8-9,11H,1-7H2,(H,12,13). The van der Waals surface area contributed by atoms with Crippen LogP contribution in [-0.4, -0.2) is 25.5 Å². The summed E-state index contributed by atoms with van der Waals surface area (Å²) in [6.07, 6.45) is 4.64. The van der Waals surface area contributed by atoms with E-state index in [4.69, 9.17) is 0 Å². The summed E-state index contributed by atoms with van der Waals surface area (Å²) in [7, 11) is 0. The normalized spacial score (nSPS) is 27.5. The van der Waals surface area contributed by atoms with Gasteiger partial charge in [0.1, 0.15) is 0 Å². The van der Waals surface area contributed by atoms with Crippen LogP contribution in [0.5, 0.6) is 0 Å². The third-order valence-electron chi connectivity index (χ3n) is 2.96. The Hall–Kier alpha value is -0.570. The van der Waals surface area contributed by atoms with Crippen LogP contribution in [0, 0.1) is 11.8 Å². The van der Waals surface area contributed by atoms with Crippen molar-refractivity contribution in [3.63, 3.8) is 0 Å². The highest BCUT2D eigenvalue weighted by Crippen LogP contribution is 2.28. The summed E-state index contributed by atoms with van der Waals surface area (Å²) < 4.78 is 0. The zero-order valence-corrected chi connectivity index (χ0v) is 8.01. The molecule has 2 aliphatic rings. The van der Waals surface area contributed by atoms with E-state index in [9.17, 15) is 4.79 Å². The molecule has 0 aromatic rings. The molecule has 1 heterocycles. The molecule has 2 N–H and O–H groups in total. The van der Waals surface area contributed by atoms with Gasteiger partial charge in [0.2, 0.25) is 5.91 Å². The summed E-state index contributed by atoms with van der Waals surface area (Å²) in [5, 5.41) is 6.34. The zero-order chi connectivity index (χ0) is 9.10. The third kappa shape index (κ3) is 2.69. The Labute approximate surface area is 79.3 Å². The van der Waals surface area contributed by atoms with Crippen molar-refractivity contribution in [1.82, 2.24) is 10.6 Å². The smallest absolute Gasteiger partial charge is 0.223 e. The largest absolute Gasteiger partial charge is 0.356 e. The summed E-state index contributed by atoms with van der Waals surface area (Å²) in [5.74, 6) is 1.44. The molecular formula is C10H18N2O. The minimum Gasteiger partial charge on any atom is -0.356 e. The Balaban J connectivity index is 1.54. The lowest BCUT2D eigenvalue weighted by molar-refractivity contribution is -0.122. The number of hydrogen-bond acceptors (Lipinski definition) is 2. The highest BCUT2D eigenvalue weighted by Gasteiger charge is 2.29. The van der Waals surface area contributed by atoms with Gasteiger partial charge in [-0.05, 0) is 44.7 Å². The van der Waals surface area contributed by atoms with E-state index in [2.05, 4.69) is 10.6 Å². The molecule has 3 heteroatoms. The molecule has 3 nitrogen and oxygen atoms in total. The van der Waals surface area contributed by atoms with Crippen molar-refractivity contribution in [2.75, 3.05) is 19.6 Å². The van der Waals surface area contributed by atoms with Gasteiger partial charge in [-0.3, -0.25) is 4.79 Å². The third-order valence-corrected chi connectivity index (χ3v) is 2.96. The molecule has 1 saturated carbocycles. The molecule has 13 heavy (non-hydrogen) atoms. The second-order valence-electron chi connectivity index (χ2n) is 4.21. The van der Waals surface area contributed by atoms with Crippen LogP contribution in [-0.2, 0) is 4.79 Å². The fraction of sp³-hybridized carbons (Fsp3) is 0.900. The van der Waals surface area contributed by atoms with Gasteiger partial charge in [0.05, 0.1) is 0 Å². The minimum absolute atomic E-state index is 0.283. The van der Waals surface area contributed by atoms with Crippen molar-refractivity contribution in [1.29, 1.82) is 0 Å². The maximum atomic E-state index is 11.3. The van der Waals surface area contributed by atoms with Gasteiger partial charge in [0.15, 0.2) is 0 Å². The van der Waals surface area contributed by atoms with Crippen LogP contribution < -0.4 is 10.6 Å². The predicted molar refractivity (Wildman–Crippen MR) is 51.3 cm³/mol. The number of hydrogen-bond donors (Lipinski definition) is 2. The minimum atomic E-state index is 0.283. The lowest BCUT2D eigenvalue weighted by Gasteiger charge is -2.08. The average molecular weight is 182 g/mol. The second-order valence-corrected chi connectivity index (χ2v) is 4.21. The molecule has 0 spiro atoms. The summed E-state index contributed by atoms with van der Waals surface area (Å²) in [6, 6.07) is 0. The van der Waals surface area contributed by atoms with Gasteiger partial charge in [-0.1, -0.05) is 0 Å². The van der Waals surface area contributed by atoms with Gasteiger partial charge >= 0.3 is 0 Å². The first-order chi connectivity index (χ1) is 6.36. The molecule has 1 amide bonds. The summed E-state index contributed by atoms with van der Waals surface area (Å²) in [6.45, 7) is 3.17. The molecule has 1 aliphatic carbocycles. The van der Waals surface area contributed by atoms with Gasteiger partial charge in [-0.2, -0.15) is 0 Å². The van der Waals surface area contributed by atoms with Gasteiger partial charge in [-0.15, -0.1) is 0 Å². The lowest BCUT2D eigenvalue weighted by atomic mass is 10.1. The molecule has 0 radical (unpaired) electrons. The molecule has 2 fully saturated rings. The van der Waals surface area contributed by atoms with Crippen molar-refractivity contribution in [2.45, 2.75) is 25.7 Å². The highest BCUT2D eigenvalue weighted by atomic mass is 16.2. The molecule has 2 rings (SSSR count). The number of carbonyl (C=O) groups is 1. The molecule has 0 aromatic carbocycles. The van der Waals surface area contributed by atoms with Crippen molar-refractivity contribution >= 4 is 5.91 Å². The molecular weight excluding hydrogens is 164 g/mol. The molecule has 1 aliphatic heterocycles. The van der Waals surface area contributed by atoms with Gasteiger partial charge < -0.3 is 10.6 Å². The van der Waals surface area contributed by atoms with E-state index in [1.54, 1.807) is 0 Å². The van der Waals surface area contributed by atoms with E-state index in [-0.39, 0.29) is 5.91 Å². The van der Waals surface area contributed by atoms with Crippen LogP contribution in [0.25, 0.3) is 0 Å². The highest BCUT2D eigenvalue weighted by molar-refractivity contribution is 5.80. The van der Waals surface area contributed by atoms with Crippen LogP contribution in [0.4, 0.5) is 0 Å². The summed E-state index contributed by atoms with van der Waals surface area (Å²) in [4.78, 5) is 11.3. The van der Waals surface area contributed by atoms with E-state index < -0.39 is 0 Å². The Kier molecular flexibility index (Phi) is 2.83. The van der Waals surface area contributed by atoms with Crippen LogP contribution in [0.3, 0.4) is 0 Å². The van der Waals surface area contributed by atoms with Gasteiger partial charge in [0, 0.05) is 12.5 Å². The van der Waals surface area contributed by atoms with Crippen LogP contribution in [0.1, 0.15) is 25.7 Å². The number of nitrogens with one attached hydrogen (secondary N) is 2. The Morgan fingerprint density at radius 3 is 2.85 bits per heavy atom. The monoisotopic (exact) mass is 182 g/mol. The molecule has 74 valence electrons. The van der Waals surface area contributed by atoms with Crippen LogP contribution in [0.15, 0.2) is 0 Å². The van der Waals surface area contributed by atoms with Crippen LogP contribution in [0.2, 0.25) is 0 Å². The lowest BCUT2D eigenvalue weighted by Crippen LogP contribution is -2.27. The van der Waals surface area contributed by atoms with Crippen molar-refractivity contribution in [2.24, 2.45) is 11.8 Å². The van der Waals surface area contributed by atoms with Crippen molar-refractivity contribution in [3.05, 3.63) is 0 Å². The Morgan fingerprint density at radius 2 is 2.23 bits per heavy atom. The fourth-order valence-electron chi connectivity index (χ4n) is 1.85. The van der Waals surface area contributed by atoms with Crippen molar-refractivity contribution in [3.8, 4) is 0 Å². The van der Waals surface area contributed by atoms with Gasteiger partial charge in [-0.25, -0.2) is 0 Å². The predicted octanol–water partition coefficient (Wildman–Crippen LogP) is 0.512.